The van der Waals surface area contributed by atoms with Crippen LogP contribution in [0.4, 0.5) is 5.69 Å². The van der Waals surface area contributed by atoms with Crippen LogP contribution in [0.1, 0.15) is 25.3 Å². The largest absolute Gasteiger partial charge is 0.453 e. The maximum atomic E-state index is 12.8. The number of rotatable bonds is 9. The van der Waals surface area contributed by atoms with Gasteiger partial charge in [0.2, 0.25) is 0 Å². The predicted molar refractivity (Wildman–Crippen MR) is 130 cm³/mol. The number of nitro groups is 1. The summed E-state index contributed by atoms with van der Waals surface area (Å²) in [6.07, 6.45) is -0.603. The number of aromatic nitrogens is 1. The molecule has 11 heteroatoms. The van der Waals surface area contributed by atoms with Gasteiger partial charge in [-0.05, 0) is 25.0 Å². The second-order valence-electron chi connectivity index (χ2n) is 8.75. The van der Waals surface area contributed by atoms with Crippen LogP contribution in [0.25, 0.3) is 11.1 Å². The van der Waals surface area contributed by atoms with E-state index in [0.29, 0.717) is 18.6 Å². The van der Waals surface area contributed by atoms with Crippen LogP contribution in [-0.4, -0.2) is 63.4 Å². The Balaban J connectivity index is 1.22. The van der Waals surface area contributed by atoms with Gasteiger partial charge in [0.15, 0.2) is 11.7 Å². The first-order valence-corrected chi connectivity index (χ1v) is 11.8. The van der Waals surface area contributed by atoms with E-state index >= 15 is 0 Å². The SMILES string of the molecule is CC(OC(=O)CCCn1c(=O)oc2cc([N+](=O)[O-])ccc21)C(=O)N1CCN(Cc2ccccc2)CC1. The molecular weight excluding hydrogens is 468 g/mol. The van der Waals surface area contributed by atoms with Crippen molar-refractivity contribution >= 4 is 28.7 Å². The van der Waals surface area contributed by atoms with Crippen molar-refractivity contribution in [1.82, 2.24) is 14.4 Å². The first kappa shape index (κ1) is 25.1. The van der Waals surface area contributed by atoms with Crippen molar-refractivity contribution in [2.75, 3.05) is 26.2 Å². The van der Waals surface area contributed by atoms with E-state index < -0.39 is 22.8 Å². The summed E-state index contributed by atoms with van der Waals surface area (Å²) in [6, 6.07) is 14.1. The normalized spacial score (nSPS) is 15.1. The highest BCUT2D eigenvalue weighted by molar-refractivity contribution is 5.83. The maximum absolute atomic E-state index is 12.8. The number of hydrogen-bond acceptors (Lipinski definition) is 8. The Morgan fingerprint density at radius 3 is 2.53 bits per heavy atom. The van der Waals surface area contributed by atoms with E-state index in [2.05, 4.69) is 17.0 Å². The lowest BCUT2D eigenvalue weighted by atomic mass is 10.2. The topological polar surface area (TPSA) is 128 Å². The van der Waals surface area contributed by atoms with Gasteiger partial charge < -0.3 is 14.1 Å². The van der Waals surface area contributed by atoms with Gasteiger partial charge in [-0.2, -0.15) is 0 Å². The summed E-state index contributed by atoms with van der Waals surface area (Å²) in [4.78, 5) is 51.5. The van der Waals surface area contributed by atoms with E-state index in [4.69, 9.17) is 9.15 Å². The summed E-state index contributed by atoms with van der Waals surface area (Å²) in [6.45, 7) is 5.21. The van der Waals surface area contributed by atoms with E-state index in [9.17, 15) is 24.5 Å². The molecule has 0 radical (unpaired) electrons. The highest BCUT2D eigenvalue weighted by Gasteiger charge is 2.27. The molecule has 0 spiro atoms. The van der Waals surface area contributed by atoms with Gasteiger partial charge in [-0.3, -0.25) is 29.2 Å². The predicted octanol–water partition coefficient (Wildman–Crippen LogP) is 2.56. The average Bonchev–Trinajstić information content (AvgIpc) is 3.18. The quantitative estimate of drug-likeness (QED) is 0.251. The molecule has 1 aromatic heterocycles. The first-order valence-electron chi connectivity index (χ1n) is 11.8. The lowest BCUT2D eigenvalue weighted by Gasteiger charge is -2.35. The fourth-order valence-corrected chi connectivity index (χ4v) is 4.29. The molecule has 0 saturated carbocycles. The van der Waals surface area contributed by atoms with Crippen LogP contribution in [0.3, 0.4) is 0 Å². The van der Waals surface area contributed by atoms with Crippen molar-refractivity contribution in [3.05, 3.63) is 74.8 Å². The molecule has 0 bridgehead atoms. The van der Waals surface area contributed by atoms with E-state index in [-0.39, 0.29) is 36.6 Å². The maximum Gasteiger partial charge on any atom is 0.419 e. The third kappa shape index (κ3) is 5.98. The van der Waals surface area contributed by atoms with E-state index in [1.165, 1.54) is 28.3 Å². The van der Waals surface area contributed by atoms with Gasteiger partial charge in [-0.1, -0.05) is 30.3 Å². The summed E-state index contributed by atoms with van der Waals surface area (Å²) in [7, 11) is 0. The fourth-order valence-electron chi connectivity index (χ4n) is 4.29. The molecule has 3 aromatic rings. The van der Waals surface area contributed by atoms with Crippen LogP contribution in [0.2, 0.25) is 0 Å². The summed E-state index contributed by atoms with van der Waals surface area (Å²) >= 11 is 0. The standard InChI is InChI=1S/C25H28N4O7/c1-18(24(31)27-14-12-26(13-15-27)17-19-6-3-2-4-7-19)35-23(30)8-5-11-28-21-10-9-20(29(33)34)16-22(21)36-25(28)32/h2-4,6-7,9-10,16,18H,5,8,11-15,17H2,1H3. The molecular formula is C25H28N4O7. The number of aryl methyl sites for hydroxylation is 1. The lowest BCUT2D eigenvalue weighted by Crippen LogP contribution is -2.51. The third-order valence-electron chi connectivity index (χ3n) is 6.21. The number of nitro benzene ring substituents is 1. The molecule has 1 unspecified atom stereocenters. The number of ether oxygens (including phenoxy) is 1. The Kier molecular flexibility index (Phi) is 7.79. The molecule has 36 heavy (non-hydrogen) atoms. The number of piperazine rings is 1. The van der Waals surface area contributed by atoms with E-state index in [1.54, 1.807) is 11.8 Å². The molecule has 1 aliphatic heterocycles. The van der Waals surface area contributed by atoms with Crippen LogP contribution in [0, 0.1) is 10.1 Å². The van der Waals surface area contributed by atoms with Crippen molar-refractivity contribution in [2.45, 2.75) is 39.0 Å². The molecule has 2 heterocycles. The smallest absolute Gasteiger partial charge is 0.419 e. The number of hydrogen-bond donors (Lipinski definition) is 0. The fraction of sp³-hybridized carbons (Fsp3) is 0.400. The number of carbonyl (C=O) groups is 2. The lowest BCUT2D eigenvalue weighted by molar-refractivity contribution is -0.384. The molecule has 0 N–H and O–H groups in total. The molecule has 1 fully saturated rings. The number of nitrogens with zero attached hydrogens (tertiary/aromatic N) is 4. The number of esters is 1. The van der Waals surface area contributed by atoms with Crippen molar-refractivity contribution < 1.29 is 23.7 Å². The van der Waals surface area contributed by atoms with Crippen molar-refractivity contribution in [3.63, 3.8) is 0 Å². The molecule has 190 valence electrons. The third-order valence-corrected chi connectivity index (χ3v) is 6.21. The van der Waals surface area contributed by atoms with Crippen molar-refractivity contribution in [1.29, 1.82) is 0 Å². The van der Waals surface area contributed by atoms with E-state index in [1.807, 2.05) is 18.2 Å². The Labute approximate surface area is 207 Å². The molecule has 1 saturated heterocycles. The van der Waals surface area contributed by atoms with Gasteiger partial charge >= 0.3 is 11.7 Å². The van der Waals surface area contributed by atoms with Crippen LogP contribution < -0.4 is 5.76 Å². The zero-order chi connectivity index (χ0) is 25.7. The van der Waals surface area contributed by atoms with Gasteiger partial charge in [0.05, 0.1) is 16.5 Å². The van der Waals surface area contributed by atoms with Gasteiger partial charge in [0.1, 0.15) is 0 Å². The summed E-state index contributed by atoms with van der Waals surface area (Å²) < 4.78 is 11.7. The minimum absolute atomic E-state index is 0.00850. The number of fused-ring (bicyclic) bond motifs is 1. The monoisotopic (exact) mass is 496 g/mol. The molecule has 1 amide bonds. The zero-order valence-electron chi connectivity index (χ0n) is 20.0. The van der Waals surface area contributed by atoms with E-state index in [0.717, 1.165) is 19.6 Å². The molecule has 2 aromatic carbocycles. The Hall–Kier alpha value is -3.99. The first-order chi connectivity index (χ1) is 17.3. The number of non-ortho nitro benzene ring substituents is 1. The number of amides is 1. The number of oxazole rings is 1. The van der Waals surface area contributed by atoms with Crippen molar-refractivity contribution in [2.24, 2.45) is 0 Å². The summed E-state index contributed by atoms with van der Waals surface area (Å²) in [5.41, 5.74) is 1.57. The van der Waals surface area contributed by atoms with Gasteiger partial charge in [0, 0.05) is 51.8 Å². The second kappa shape index (κ2) is 11.2. The van der Waals surface area contributed by atoms with Crippen molar-refractivity contribution in [3.8, 4) is 0 Å². The molecule has 1 atom stereocenters. The van der Waals surface area contributed by atoms with Gasteiger partial charge in [-0.15, -0.1) is 0 Å². The minimum Gasteiger partial charge on any atom is -0.453 e. The minimum atomic E-state index is -0.892. The molecule has 11 nitrogen and oxygen atoms in total. The Morgan fingerprint density at radius 1 is 1.11 bits per heavy atom. The molecule has 4 rings (SSSR count). The van der Waals surface area contributed by atoms with Crippen LogP contribution in [-0.2, 0) is 27.4 Å². The Morgan fingerprint density at radius 2 is 1.83 bits per heavy atom. The highest BCUT2D eigenvalue weighted by Crippen LogP contribution is 2.20. The molecule has 1 aliphatic rings. The zero-order valence-corrected chi connectivity index (χ0v) is 20.0. The van der Waals surface area contributed by atoms with Crippen LogP contribution >= 0.6 is 0 Å². The Bertz CT molecular complexity index is 1290. The number of carbonyl (C=O) groups excluding carboxylic acids is 2. The highest BCUT2D eigenvalue weighted by atomic mass is 16.6. The van der Waals surface area contributed by atoms with Gasteiger partial charge in [0.25, 0.3) is 11.6 Å². The van der Waals surface area contributed by atoms with Gasteiger partial charge in [-0.25, -0.2) is 4.79 Å². The average molecular weight is 497 g/mol. The van der Waals surface area contributed by atoms with Crippen LogP contribution in [0.15, 0.2) is 57.7 Å². The van der Waals surface area contributed by atoms with Crippen LogP contribution in [0.5, 0.6) is 0 Å². The second-order valence-corrected chi connectivity index (χ2v) is 8.75. The summed E-state index contributed by atoms with van der Waals surface area (Å²) in [5, 5.41) is 10.9. The molecule has 0 aliphatic carbocycles. The number of benzene rings is 2. The summed E-state index contributed by atoms with van der Waals surface area (Å²) in [5.74, 6) is -1.41.